The van der Waals surface area contributed by atoms with Gasteiger partial charge >= 0.3 is 0 Å². The number of aromatic hydroxyl groups is 1. The maximum atomic E-state index is 12.5. The van der Waals surface area contributed by atoms with Gasteiger partial charge in [-0.25, -0.2) is 0 Å². The van der Waals surface area contributed by atoms with E-state index in [0.29, 0.717) is 17.9 Å². The largest absolute Gasteiger partial charge is 0.507 e. The van der Waals surface area contributed by atoms with Crippen LogP contribution < -0.4 is 4.74 Å². The fourth-order valence-electron chi connectivity index (χ4n) is 2.10. The van der Waals surface area contributed by atoms with Crippen LogP contribution in [0, 0.1) is 0 Å². The Labute approximate surface area is 143 Å². The number of hydrogen-bond donors (Lipinski definition) is 1. The SMILES string of the molecule is CCCOc1ccc(Br)cc1C(=O)CC(=O)c1ccccc1O. The zero-order chi connectivity index (χ0) is 16.8. The summed E-state index contributed by atoms with van der Waals surface area (Å²) in [6.45, 7) is 2.47. The third-order valence-corrected chi connectivity index (χ3v) is 3.72. The number of Topliss-reactive ketones (excluding diaryl/α,β-unsaturated/α-hetero) is 2. The van der Waals surface area contributed by atoms with Crippen molar-refractivity contribution in [2.24, 2.45) is 0 Å². The van der Waals surface area contributed by atoms with Crippen LogP contribution in [0.2, 0.25) is 0 Å². The summed E-state index contributed by atoms with van der Waals surface area (Å²) < 4.78 is 6.31. The first-order valence-corrected chi connectivity index (χ1v) is 8.09. The van der Waals surface area contributed by atoms with Gasteiger partial charge in [-0.15, -0.1) is 0 Å². The lowest BCUT2D eigenvalue weighted by atomic mass is 10.0. The predicted molar refractivity (Wildman–Crippen MR) is 91.3 cm³/mol. The number of phenols is 1. The van der Waals surface area contributed by atoms with E-state index in [-0.39, 0.29) is 23.5 Å². The summed E-state index contributed by atoms with van der Waals surface area (Å²) in [6.07, 6.45) is 0.497. The minimum atomic E-state index is -0.422. The molecule has 0 saturated heterocycles. The van der Waals surface area contributed by atoms with E-state index in [4.69, 9.17) is 4.74 Å². The van der Waals surface area contributed by atoms with Crippen molar-refractivity contribution in [3.05, 3.63) is 58.1 Å². The molecule has 0 aromatic heterocycles. The molecule has 0 amide bonds. The van der Waals surface area contributed by atoms with Crippen molar-refractivity contribution in [2.45, 2.75) is 19.8 Å². The van der Waals surface area contributed by atoms with Crippen molar-refractivity contribution in [2.75, 3.05) is 6.61 Å². The Bertz CT molecular complexity index is 725. The first kappa shape index (κ1) is 17.2. The van der Waals surface area contributed by atoms with E-state index >= 15 is 0 Å². The smallest absolute Gasteiger partial charge is 0.174 e. The number of rotatable bonds is 7. The van der Waals surface area contributed by atoms with Gasteiger partial charge in [0.05, 0.1) is 24.2 Å². The molecule has 2 aromatic carbocycles. The molecule has 0 aliphatic carbocycles. The van der Waals surface area contributed by atoms with Crippen molar-refractivity contribution in [3.63, 3.8) is 0 Å². The van der Waals surface area contributed by atoms with Crippen LogP contribution >= 0.6 is 15.9 Å². The van der Waals surface area contributed by atoms with Gasteiger partial charge in [0.25, 0.3) is 0 Å². The highest BCUT2D eigenvalue weighted by Gasteiger charge is 2.19. The summed E-state index contributed by atoms with van der Waals surface area (Å²) in [5, 5.41) is 9.71. The van der Waals surface area contributed by atoms with Crippen LogP contribution in [0.5, 0.6) is 11.5 Å². The molecular formula is C18H17BrO4. The summed E-state index contributed by atoms with van der Waals surface area (Å²) in [6, 6.07) is 11.3. The highest BCUT2D eigenvalue weighted by molar-refractivity contribution is 9.10. The van der Waals surface area contributed by atoms with Crippen molar-refractivity contribution >= 4 is 27.5 Å². The van der Waals surface area contributed by atoms with Crippen LogP contribution in [-0.2, 0) is 0 Å². The van der Waals surface area contributed by atoms with Gasteiger partial charge in [0.1, 0.15) is 11.5 Å². The first-order valence-electron chi connectivity index (χ1n) is 7.29. The number of carbonyl (C=O) groups excluding carboxylic acids is 2. The molecular weight excluding hydrogens is 360 g/mol. The molecule has 2 aromatic rings. The third kappa shape index (κ3) is 4.42. The maximum absolute atomic E-state index is 12.5. The lowest BCUT2D eigenvalue weighted by Gasteiger charge is -2.11. The average molecular weight is 377 g/mol. The van der Waals surface area contributed by atoms with Crippen LogP contribution in [0.25, 0.3) is 0 Å². The molecule has 4 nitrogen and oxygen atoms in total. The Morgan fingerprint density at radius 3 is 2.48 bits per heavy atom. The van der Waals surface area contributed by atoms with Crippen molar-refractivity contribution in [1.82, 2.24) is 0 Å². The van der Waals surface area contributed by atoms with Gasteiger partial charge in [0, 0.05) is 4.47 Å². The normalized spacial score (nSPS) is 10.3. The second-order valence-electron chi connectivity index (χ2n) is 5.03. The number of halogens is 1. The fraction of sp³-hybridized carbons (Fsp3) is 0.222. The highest BCUT2D eigenvalue weighted by Crippen LogP contribution is 2.26. The molecule has 0 fully saturated rings. The molecule has 0 unspecified atom stereocenters. The predicted octanol–water partition coefficient (Wildman–Crippen LogP) is 4.40. The molecule has 5 heteroatoms. The number of ether oxygens (including phenoxy) is 1. The van der Waals surface area contributed by atoms with Crippen LogP contribution in [0.3, 0.4) is 0 Å². The van der Waals surface area contributed by atoms with E-state index in [1.807, 2.05) is 6.92 Å². The zero-order valence-electron chi connectivity index (χ0n) is 12.7. The summed E-state index contributed by atoms with van der Waals surface area (Å²) in [5.74, 6) is -0.424. The van der Waals surface area contributed by atoms with Gasteiger partial charge in [-0.1, -0.05) is 35.0 Å². The Balaban J connectivity index is 2.22. The van der Waals surface area contributed by atoms with E-state index < -0.39 is 5.78 Å². The van der Waals surface area contributed by atoms with Crippen molar-refractivity contribution in [3.8, 4) is 11.5 Å². The monoisotopic (exact) mass is 376 g/mol. The lowest BCUT2D eigenvalue weighted by molar-refractivity contribution is 0.0891. The van der Waals surface area contributed by atoms with E-state index in [1.165, 1.54) is 12.1 Å². The summed E-state index contributed by atoms with van der Waals surface area (Å²) in [4.78, 5) is 24.7. The minimum Gasteiger partial charge on any atom is -0.507 e. The molecule has 0 spiro atoms. The van der Waals surface area contributed by atoms with Gasteiger partial charge in [-0.3, -0.25) is 9.59 Å². The zero-order valence-corrected chi connectivity index (χ0v) is 14.3. The molecule has 0 heterocycles. The summed E-state index contributed by atoms with van der Waals surface area (Å²) >= 11 is 3.32. The Morgan fingerprint density at radius 1 is 1.09 bits per heavy atom. The van der Waals surface area contributed by atoms with E-state index in [9.17, 15) is 14.7 Å². The molecule has 0 saturated carbocycles. The number of ketones is 2. The van der Waals surface area contributed by atoms with Gasteiger partial charge in [-0.05, 0) is 36.8 Å². The average Bonchev–Trinajstić information content (AvgIpc) is 2.53. The summed E-state index contributed by atoms with van der Waals surface area (Å²) in [7, 11) is 0. The molecule has 0 bridgehead atoms. The maximum Gasteiger partial charge on any atom is 0.174 e. The van der Waals surface area contributed by atoms with Gasteiger partial charge < -0.3 is 9.84 Å². The number of phenolic OH excluding ortho intramolecular Hbond substituents is 1. The number of carbonyl (C=O) groups is 2. The number of para-hydroxylation sites is 1. The quantitative estimate of drug-likeness (QED) is 0.574. The third-order valence-electron chi connectivity index (χ3n) is 3.23. The van der Waals surface area contributed by atoms with Crippen LogP contribution in [0.15, 0.2) is 46.9 Å². The van der Waals surface area contributed by atoms with Crippen molar-refractivity contribution < 1.29 is 19.4 Å². The second kappa shape index (κ2) is 7.92. The lowest BCUT2D eigenvalue weighted by Crippen LogP contribution is -2.11. The Morgan fingerprint density at radius 2 is 1.78 bits per heavy atom. The topological polar surface area (TPSA) is 63.6 Å². The molecule has 2 rings (SSSR count). The first-order chi connectivity index (χ1) is 11.0. The molecule has 0 aliphatic rings. The Kier molecular flexibility index (Phi) is 5.93. The standard InChI is InChI=1S/C18H17BrO4/c1-2-9-23-18-8-7-12(19)10-14(18)17(22)11-16(21)13-5-3-4-6-15(13)20/h3-8,10,20H,2,9,11H2,1H3. The fourth-order valence-corrected chi connectivity index (χ4v) is 2.46. The highest BCUT2D eigenvalue weighted by atomic mass is 79.9. The molecule has 0 aliphatic heterocycles. The number of hydrogen-bond acceptors (Lipinski definition) is 4. The van der Waals surface area contributed by atoms with E-state index in [2.05, 4.69) is 15.9 Å². The number of benzene rings is 2. The van der Waals surface area contributed by atoms with Crippen molar-refractivity contribution in [1.29, 1.82) is 0 Å². The van der Waals surface area contributed by atoms with Gasteiger partial charge in [-0.2, -0.15) is 0 Å². The van der Waals surface area contributed by atoms with Crippen LogP contribution in [-0.4, -0.2) is 23.3 Å². The molecule has 0 atom stereocenters. The molecule has 120 valence electrons. The molecule has 0 radical (unpaired) electrons. The van der Waals surface area contributed by atoms with Crippen LogP contribution in [0.1, 0.15) is 40.5 Å². The molecule has 1 N–H and O–H groups in total. The van der Waals surface area contributed by atoms with Gasteiger partial charge in [0.15, 0.2) is 11.6 Å². The summed E-state index contributed by atoms with van der Waals surface area (Å²) in [5.41, 5.74) is 0.503. The van der Waals surface area contributed by atoms with Crippen LogP contribution in [0.4, 0.5) is 0 Å². The van der Waals surface area contributed by atoms with Gasteiger partial charge in [0.2, 0.25) is 0 Å². The van der Waals surface area contributed by atoms with E-state index in [0.717, 1.165) is 10.9 Å². The second-order valence-corrected chi connectivity index (χ2v) is 5.94. The van der Waals surface area contributed by atoms with E-state index in [1.54, 1.807) is 30.3 Å². The minimum absolute atomic E-state index is 0.123. The Hall–Kier alpha value is -2.14. The molecule has 23 heavy (non-hydrogen) atoms.